The maximum Gasteiger partial charge on any atom is 0.224 e. The largest absolute Gasteiger partial charge is 0.383 e. The SMILES string of the molecule is COCCn1nnnc1C1CN(C(=O)CCn2nc(C)cc2C)CCO1. The molecule has 3 rings (SSSR count). The maximum absolute atomic E-state index is 12.6. The van der Waals surface area contributed by atoms with E-state index in [0.29, 0.717) is 51.6 Å². The molecule has 0 radical (unpaired) electrons. The minimum atomic E-state index is -0.326. The van der Waals surface area contributed by atoms with Gasteiger partial charge in [-0.25, -0.2) is 4.68 Å². The number of methoxy groups -OCH3 is 1. The van der Waals surface area contributed by atoms with E-state index in [-0.39, 0.29) is 12.0 Å². The summed E-state index contributed by atoms with van der Waals surface area (Å²) in [6.45, 7) is 7.07. The molecule has 26 heavy (non-hydrogen) atoms. The number of aryl methyl sites for hydroxylation is 3. The zero-order valence-corrected chi connectivity index (χ0v) is 15.5. The van der Waals surface area contributed by atoms with Crippen LogP contribution in [0.2, 0.25) is 0 Å². The van der Waals surface area contributed by atoms with Crippen molar-refractivity contribution in [1.82, 2.24) is 34.9 Å². The van der Waals surface area contributed by atoms with Crippen molar-refractivity contribution >= 4 is 5.91 Å². The Morgan fingerprint density at radius 2 is 2.19 bits per heavy atom. The van der Waals surface area contributed by atoms with Gasteiger partial charge < -0.3 is 14.4 Å². The van der Waals surface area contributed by atoms with Crippen LogP contribution in [-0.4, -0.2) is 74.2 Å². The second-order valence-electron chi connectivity index (χ2n) is 6.35. The molecule has 1 amide bonds. The number of tetrazole rings is 1. The molecule has 1 aliphatic rings. The molecular formula is C16H25N7O3. The lowest BCUT2D eigenvalue weighted by Gasteiger charge is -2.32. The molecule has 10 nitrogen and oxygen atoms in total. The lowest BCUT2D eigenvalue weighted by molar-refractivity contribution is -0.139. The van der Waals surface area contributed by atoms with E-state index >= 15 is 0 Å². The molecule has 2 aromatic heterocycles. The standard InChI is InChI=1S/C16H25N7O3/c1-12-10-13(2)22(18-12)5-4-15(24)21-6-9-26-14(11-21)16-17-19-20-23(16)7-8-25-3/h10,14H,4-9,11H2,1-3H3. The van der Waals surface area contributed by atoms with Gasteiger partial charge in [0.2, 0.25) is 5.91 Å². The van der Waals surface area contributed by atoms with Gasteiger partial charge in [0.25, 0.3) is 0 Å². The van der Waals surface area contributed by atoms with Crippen LogP contribution in [0, 0.1) is 13.8 Å². The van der Waals surface area contributed by atoms with Crippen molar-refractivity contribution in [2.24, 2.45) is 0 Å². The third-order valence-corrected chi connectivity index (χ3v) is 4.41. The summed E-state index contributed by atoms with van der Waals surface area (Å²) < 4.78 is 14.4. The Morgan fingerprint density at radius 3 is 2.92 bits per heavy atom. The summed E-state index contributed by atoms with van der Waals surface area (Å²) in [7, 11) is 1.63. The fourth-order valence-corrected chi connectivity index (χ4v) is 3.07. The van der Waals surface area contributed by atoms with Crippen molar-refractivity contribution in [3.8, 4) is 0 Å². The van der Waals surface area contributed by atoms with E-state index in [0.717, 1.165) is 11.4 Å². The van der Waals surface area contributed by atoms with Crippen molar-refractivity contribution in [1.29, 1.82) is 0 Å². The van der Waals surface area contributed by atoms with Crippen LogP contribution < -0.4 is 0 Å². The van der Waals surface area contributed by atoms with E-state index in [4.69, 9.17) is 9.47 Å². The molecule has 0 N–H and O–H groups in total. The molecule has 1 unspecified atom stereocenters. The van der Waals surface area contributed by atoms with Crippen molar-refractivity contribution in [3.63, 3.8) is 0 Å². The summed E-state index contributed by atoms with van der Waals surface area (Å²) in [5.41, 5.74) is 2.02. The van der Waals surface area contributed by atoms with Gasteiger partial charge in [0, 0.05) is 32.3 Å². The fourth-order valence-electron chi connectivity index (χ4n) is 3.07. The molecule has 0 aliphatic carbocycles. The minimum absolute atomic E-state index is 0.0850. The number of hydrogen-bond donors (Lipinski definition) is 0. The second-order valence-corrected chi connectivity index (χ2v) is 6.35. The van der Waals surface area contributed by atoms with Crippen molar-refractivity contribution in [3.05, 3.63) is 23.3 Å². The van der Waals surface area contributed by atoms with Gasteiger partial charge >= 0.3 is 0 Å². The first-order valence-corrected chi connectivity index (χ1v) is 8.74. The van der Waals surface area contributed by atoms with Crippen molar-refractivity contribution in [2.45, 2.75) is 39.5 Å². The van der Waals surface area contributed by atoms with E-state index in [1.165, 1.54) is 0 Å². The van der Waals surface area contributed by atoms with E-state index in [2.05, 4.69) is 20.6 Å². The van der Waals surface area contributed by atoms with Gasteiger partial charge in [-0.2, -0.15) is 5.10 Å². The van der Waals surface area contributed by atoms with Crippen LogP contribution in [0.4, 0.5) is 0 Å². The second kappa shape index (κ2) is 8.37. The van der Waals surface area contributed by atoms with E-state index in [1.807, 2.05) is 29.5 Å². The van der Waals surface area contributed by atoms with Crippen molar-refractivity contribution in [2.75, 3.05) is 33.4 Å². The molecule has 1 fully saturated rings. The topological polar surface area (TPSA) is 100 Å². The van der Waals surface area contributed by atoms with Gasteiger partial charge in [0.15, 0.2) is 5.82 Å². The van der Waals surface area contributed by atoms with Crippen molar-refractivity contribution < 1.29 is 14.3 Å². The molecule has 142 valence electrons. The number of morpholine rings is 1. The Kier molecular flexibility index (Phi) is 5.94. The third kappa shape index (κ3) is 4.25. The molecule has 1 aliphatic heterocycles. The third-order valence-electron chi connectivity index (χ3n) is 4.41. The number of rotatable bonds is 7. The highest BCUT2D eigenvalue weighted by molar-refractivity contribution is 5.76. The number of amides is 1. The monoisotopic (exact) mass is 363 g/mol. The average Bonchev–Trinajstić information content (AvgIpc) is 3.23. The number of carbonyl (C=O) groups is 1. The lowest BCUT2D eigenvalue weighted by atomic mass is 10.2. The van der Waals surface area contributed by atoms with Gasteiger partial charge in [-0.05, 0) is 30.3 Å². The van der Waals surface area contributed by atoms with Crippen LogP contribution in [0.5, 0.6) is 0 Å². The predicted molar refractivity (Wildman–Crippen MR) is 91.3 cm³/mol. The first kappa shape index (κ1) is 18.5. The number of ether oxygens (including phenoxy) is 2. The van der Waals surface area contributed by atoms with Gasteiger partial charge in [-0.1, -0.05) is 0 Å². The first-order valence-electron chi connectivity index (χ1n) is 8.74. The Morgan fingerprint density at radius 1 is 1.35 bits per heavy atom. The Labute approximate surface area is 152 Å². The summed E-state index contributed by atoms with van der Waals surface area (Å²) in [6.07, 6.45) is 0.0803. The highest BCUT2D eigenvalue weighted by atomic mass is 16.5. The Hall–Kier alpha value is -2.33. The van der Waals surface area contributed by atoms with Gasteiger partial charge in [-0.15, -0.1) is 5.10 Å². The molecule has 1 atom stereocenters. The van der Waals surface area contributed by atoms with Crippen LogP contribution in [0.1, 0.15) is 29.7 Å². The minimum Gasteiger partial charge on any atom is -0.383 e. The smallest absolute Gasteiger partial charge is 0.224 e. The van der Waals surface area contributed by atoms with Crippen LogP contribution in [0.3, 0.4) is 0 Å². The maximum atomic E-state index is 12.6. The molecule has 0 saturated carbocycles. The first-order chi connectivity index (χ1) is 12.6. The molecule has 2 aromatic rings. The quantitative estimate of drug-likeness (QED) is 0.689. The van der Waals surface area contributed by atoms with Crippen LogP contribution in [0.25, 0.3) is 0 Å². The predicted octanol–water partition coefficient (Wildman–Crippen LogP) is 0.123. The summed E-state index contributed by atoms with van der Waals surface area (Å²) in [5, 5.41) is 16.2. The Balaban J connectivity index is 1.58. The van der Waals surface area contributed by atoms with Gasteiger partial charge in [0.05, 0.1) is 32.0 Å². The highest BCUT2D eigenvalue weighted by Crippen LogP contribution is 2.20. The van der Waals surface area contributed by atoms with E-state index in [1.54, 1.807) is 11.8 Å². The van der Waals surface area contributed by atoms with E-state index in [9.17, 15) is 4.79 Å². The number of nitrogens with zero attached hydrogens (tertiary/aromatic N) is 7. The number of hydrogen-bond acceptors (Lipinski definition) is 7. The Bertz CT molecular complexity index is 742. The zero-order valence-electron chi connectivity index (χ0n) is 15.5. The van der Waals surface area contributed by atoms with Crippen LogP contribution >= 0.6 is 0 Å². The molecule has 10 heteroatoms. The normalized spacial score (nSPS) is 17.7. The lowest BCUT2D eigenvalue weighted by Crippen LogP contribution is -2.43. The van der Waals surface area contributed by atoms with Crippen LogP contribution in [0.15, 0.2) is 6.07 Å². The molecule has 0 aromatic carbocycles. The van der Waals surface area contributed by atoms with Crippen LogP contribution in [-0.2, 0) is 27.4 Å². The highest BCUT2D eigenvalue weighted by Gasteiger charge is 2.29. The summed E-state index contributed by atoms with van der Waals surface area (Å²) in [4.78, 5) is 14.4. The summed E-state index contributed by atoms with van der Waals surface area (Å²) in [6, 6.07) is 2.01. The molecular weight excluding hydrogens is 338 g/mol. The average molecular weight is 363 g/mol. The molecule has 1 saturated heterocycles. The molecule has 3 heterocycles. The molecule has 0 spiro atoms. The summed E-state index contributed by atoms with van der Waals surface area (Å²) in [5.74, 6) is 0.708. The number of aromatic nitrogens is 6. The number of carbonyl (C=O) groups excluding carboxylic acids is 1. The van der Waals surface area contributed by atoms with Gasteiger partial charge in [-0.3, -0.25) is 9.48 Å². The van der Waals surface area contributed by atoms with E-state index < -0.39 is 0 Å². The fraction of sp³-hybridized carbons (Fsp3) is 0.688. The summed E-state index contributed by atoms with van der Waals surface area (Å²) >= 11 is 0. The molecule has 0 bridgehead atoms. The van der Waals surface area contributed by atoms with Gasteiger partial charge in [0.1, 0.15) is 6.10 Å². The zero-order chi connectivity index (χ0) is 18.5.